The zero-order chi connectivity index (χ0) is 13.7. The number of esters is 2. The van der Waals surface area contributed by atoms with Crippen LogP contribution in [0.5, 0.6) is 5.75 Å². The van der Waals surface area contributed by atoms with Crippen molar-refractivity contribution in [2.45, 2.75) is 13.8 Å². The summed E-state index contributed by atoms with van der Waals surface area (Å²) in [5.74, 6) is 1.02. The van der Waals surface area contributed by atoms with Gasteiger partial charge >= 0.3 is 11.9 Å². The van der Waals surface area contributed by atoms with Crippen LogP contribution in [0.1, 0.15) is 32.9 Å². The van der Waals surface area contributed by atoms with E-state index in [1.54, 1.807) is 12.7 Å². The highest BCUT2D eigenvalue weighted by Gasteiger charge is 2.25. The van der Waals surface area contributed by atoms with Crippen LogP contribution in [0.4, 0.5) is 0 Å². The first-order chi connectivity index (χ1) is 8.56. The maximum Gasteiger partial charge on any atom is 0.343 e. The van der Waals surface area contributed by atoms with Crippen LogP contribution in [0.2, 0.25) is 0 Å². The number of hydrogen-bond donors (Lipinski definition) is 0. The second-order valence-electron chi connectivity index (χ2n) is 3.41. The molecule has 1 rings (SSSR count). The molecule has 0 aliphatic heterocycles. The molecule has 5 nitrogen and oxygen atoms in total. The average Bonchev–Trinajstić information content (AvgIpc) is 2.39. The van der Waals surface area contributed by atoms with E-state index in [4.69, 9.17) is 9.47 Å². The Balaban J connectivity index is 3.48. The van der Waals surface area contributed by atoms with Gasteiger partial charge in [0.05, 0.1) is 20.8 Å². The average molecular weight is 270 g/mol. The Labute approximate surface area is 107 Å². The number of rotatable bonds is 4. The molecule has 0 aliphatic carbocycles. The molecule has 0 N–H and O–H groups in total. The standard InChI is InChI=1S/C12H15O5P/c1-5-17-9-7(2)6-18-10(12(14)16-4)8(9)11(13)15-3/h6H,5H2,1-4H3. The summed E-state index contributed by atoms with van der Waals surface area (Å²) in [6, 6.07) is 0. The predicted molar refractivity (Wildman–Crippen MR) is 67.5 cm³/mol. The molecule has 0 bridgehead atoms. The molecule has 18 heavy (non-hydrogen) atoms. The number of carbonyl (C=O) groups excluding carboxylic acids is 2. The Morgan fingerprint density at radius 1 is 1.22 bits per heavy atom. The van der Waals surface area contributed by atoms with Gasteiger partial charge in [-0.05, 0) is 25.2 Å². The van der Waals surface area contributed by atoms with E-state index in [9.17, 15) is 9.59 Å². The minimum absolute atomic E-state index is 0.146. The van der Waals surface area contributed by atoms with E-state index in [0.717, 1.165) is 5.56 Å². The van der Waals surface area contributed by atoms with Crippen LogP contribution in [0.3, 0.4) is 0 Å². The van der Waals surface area contributed by atoms with Gasteiger partial charge in [-0.1, -0.05) is 8.19 Å². The van der Waals surface area contributed by atoms with E-state index >= 15 is 0 Å². The van der Waals surface area contributed by atoms with Gasteiger partial charge in [0.1, 0.15) is 16.6 Å². The maximum atomic E-state index is 11.8. The van der Waals surface area contributed by atoms with Crippen LogP contribution in [0, 0.1) is 6.92 Å². The van der Waals surface area contributed by atoms with Crippen molar-refractivity contribution in [3.8, 4) is 5.75 Å². The van der Waals surface area contributed by atoms with Crippen LogP contribution in [0.25, 0.3) is 0 Å². The SMILES string of the molecule is CCOc1c(C)cpc(C(=O)OC)c1C(=O)OC. The quantitative estimate of drug-likeness (QED) is 0.787. The van der Waals surface area contributed by atoms with E-state index in [0.29, 0.717) is 20.5 Å². The van der Waals surface area contributed by atoms with E-state index in [1.807, 2.05) is 6.92 Å². The summed E-state index contributed by atoms with van der Waals surface area (Å²) in [6.45, 7) is 4.01. The normalized spacial score (nSPS) is 10.2. The van der Waals surface area contributed by atoms with E-state index in [-0.39, 0.29) is 10.9 Å². The number of methoxy groups -OCH3 is 2. The van der Waals surface area contributed by atoms with Gasteiger partial charge in [-0.25, -0.2) is 9.59 Å². The highest BCUT2D eigenvalue weighted by Crippen LogP contribution is 2.33. The molecule has 1 aromatic heterocycles. The molecule has 1 heterocycles. The minimum atomic E-state index is -0.598. The van der Waals surface area contributed by atoms with Crippen molar-refractivity contribution in [1.82, 2.24) is 0 Å². The van der Waals surface area contributed by atoms with Gasteiger partial charge in [-0.3, -0.25) is 0 Å². The van der Waals surface area contributed by atoms with Crippen molar-refractivity contribution < 1.29 is 23.8 Å². The molecule has 0 aliphatic rings. The number of hydrogen-bond acceptors (Lipinski definition) is 5. The summed E-state index contributed by atoms with van der Waals surface area (Å²) in [5.41, 5.74) is 0.944. The first-order valence-electron chi connectivity index (χ1n) is 5.35. The third-order valence-electron chi connectivity index (χ3n) is 2.27. The van der Waals surface area contributed by atoms with Crippen molar-refractivity contribution in [2.24, 2.45) is 0 Å². The molecule has 0 saturated heterocycles. The lowest BCUT2D eigenvalue weighted by molar-refractivity contribution is 0.0555. The summed E-state index contributed by atoms with van der Waals surface area (Å²) < 4.78 is 14.8. The Kier molecular flexibility index (Phi) is 5.10. The lowest BCUT2D eigenvalue weighted by Crippen LogP contribution is -2.13. The third kappa shape index (κ3) is 2.79. The lowest BCUT2D eigenvalue weighted by atomic mass is 10.1. The van der Waals surface area contributed by atoms with Crippen LogP contribution in [0.15, 0.2) is 5.80 Å². The molecule has 1 aromatic rings. The molecule has 0 amide bonds. The molecule has 0 spiro atoms. The Bertz CT molecular complexity index is 470. The van der Waals surface area contributed by atoms with Gasteiger partial charge in [-0.15, -0.1) is 0 Å². The molecule has 0 fully saturated rings. The third-order valence-corrected chi connectivity index (χ3v) is 3.45. The zero-order valence-corrected chi connectivity index (χ0v) is 11.7. The molecule has 0 saturated carbocycles. The van der Waals surface area contributed by atoms with Gasteiger partial charge in [0, 0.05) is 0 Å². The molecule has 0 atom stereocenters. The van der Waals surface area contributed by atoms with E-state index in [2.05, 4.69) is 4.74 Å². The van der Waals surface area contributed by atoms with Crippen LogP contribution < -0.4 is 4.74 Å². The molecule has 0 aromatic carbocycles. The monoisotopic (exact) mass is 270 g/mol. The van der Waals surface area contributed by atoms with E-state index in [1.165, 1.54) is 14.2 Å². The first-order valence-corrected chi connectivity index (χ1v) is 6.32. The fourth-order valence-corrected chi connectivity index (χ4v) is 2.42. The minimum Gasteiger partial charge on any atom is -0.493 e. The Hall–Kier alpha value is -1.61. The number of ether oxygens (including phenoxy) is 3. The summed E-state index contributed by atoms with van der Waals surface area (Å²) in [6.07, 6.45) is 0. The van der Waals surface area contributed by atoms with Gasteiger partial charge in [-0.2, -0.15) is 0 Å². The summed E-state index contributed by atoms with van der Waals surface area (Å²) in [5, 5.41) is 0.235. The van der Waals surface area contributed by atoms with Crippen molar-refractivity contribution in [3.05, 3.63) is 22.2 Å². The van der Waals surface area contributed by atoms with Crippen LogP contribution in [-0.4, -0.2) is 32.8 Å². The zero-order valence-electron chi connectivity index (χ0n) is 10.8. The topological polar surface area (TPSA) is 61.8 Å². The fraction of sp³-hybridized carbons (Fsp3) is 0.417. The van der Waals surface area contributed by atoms with Crippen molar-refractivity contribution in [1.29, 1.82) is 0 Å². The lowest BCUT2D eigenvalue weighted by Gasteiger charge is -2.14. The van der Waals surface area contributed by atoms with Gasteiger partial charge < -0.3 is 14.2 Å². The summed E-state index contributed by atoms with van der Waals surface area (Å²) in [4.78, 5) is 23.5. The summed E-state index contributed by atoms with van der Waals surface area (Å²) in [7, 11) is 3.13. The smallest absolute Gasteiger partial charge is 0.343 e. The largest absolute Gasteiger partial charge is 0.493 e. The van der Waals surface area contributed by atoms with Crippen LogP contribution in [-0.2, 0) is 9.47 Å². The van der Waals surface area contributed by atoms with Crippen LogP contribution >= 0.6 is 8.19 Å². The predicted octanol–water partition coefficient (Wildman–Crippen LogP) is 2.55. The molecular formula is C12H15O5P. The molecular weight excluding hydrogens is 255 g/mol. The van der Waals surface area contributed by atoms with Crippen molar-refractivity contribution >= 4 is 20.1 Å². The molecule has 98 valence electrons. The molecule has 0 unspecified atom stereocenters. The highest BCUT2D eigenvalue weighted by molar-refractivity contribution is 7.31. The Morgan fingerprint density at radius 3 is 2.33 bits per heavy atom. The summed E-state index contributed by atoms with van der Waals surface area (Å²) >= 11 is 0. The number of carbonyl (C=O) groups is 2. The van der Waals surface area contributed by atoms with Gasteiger partial charge in [0.2, 0.25) is 0 Å². The Morgan fingerprint density at radius 2 is 1.83 bits per heavy atom. The molecule has 6 heteroatoms. The highest BCUT2D eigenvalue weighted by atomic mass is 31.0. The first kappa shape index (κ1) is 14.5. The van der Waals surface area contributed by atoms with Gasteiger partial charge in [0.25, 0.3) is 0 Å². The van der Waals surface area contributed by atoms with Crippen molar-refractivity contribution in [3.63, 3.8) is 0 Å². The van der Waals surface area contributed by atoms with Gasteiger partial charge in [0.15, 0.2) is 0 Å². The number of aryl methyl sites for hydroxylation is 1. The fourth-order valence-electron chi connectivity index (χ4n) is 1.46. The van der Waals surface area contributed by atoms with E-state index < -0.39 is 11.9 Å². The second kappa shape index (κ2) is 6.36. The maximum absolute atomic E-state index is 11.8. The molecule has 0 radical (unpaired) electrons. The second-order valence-corrected chi connectivity index (χ2v) is 4.37. The van der Waals surface area contributed by atoms with Crippen molar-refractivity contribution in [2.75, 3.05) is 20.8 Å².